The predicted octanol–water partition coefficient (Wildman–Crippen LogP) is 3.48. The van der Waals surface area contributed by atoms with Crippen molar-refractivity contribution >= 4 is 23.0 Å². The Bertz CT molecular complexity index is 776. The van der Waals surface area contributed by atoms with Gasteiger partial charge in [-0.2, -0.15) is 0 Å². The van der Waals surface area contributed by atoms with Gasteiger partial charge >= 0.3 is 0 Å². The van der Waals surface area contributed by atoms with Crippen LogP contribution in [0.4, 0.5) is 11.4 Å². The minimum atomic E-state index is -0.478. The second kappa shape index (κ2) is 9.84. The summed E-state index contributed by atoms with van der Waals surface area (Å²) < 4.78 is 16.0. The first-order chi connectivity index (χ1) is 13.0. The standard InChI is InChI=1S/C18H22ClN3O5/c1-25-16-8-12(9-17(26-2)18(16)27-3)11-20-6-7-21-15-5-4-13(22(23)24)10-14(15)19/h4-5,8-10,20-21H,6-7,11H2,1-3H3. The Labute approximate surface area is 162 Å². The first-order valence-corrected chi connectivity index (χ1v) is 8.55. The molecule has 0 saturated heterocycles. The van der Waals surface area contributed by atoms with Gasteiger partial charge in [-0.25, -0.2) is 0 Å². The Morgan fingerprint density at radius 3 is 2.22 bits per heavy atom. The van der Waals surface area contributed by atoms with E-state index in [0.29, 0.717) is 47.6 Å². The average Bonchev–Trinajstić information content (AvgIpc) is 2.67. The third-order valence-corrected chi connectivity index (χ3v) is 4.15. The van der Waals surface area contributed by atoms with Crippen LogP contribution < -0.4 is 24.8 Å². The van der Waals surface area contributed by atoms with Gasteiger partial charge in [-0.1, -0.05) is 11.6 Å². The Kier molecular flexibility index (Phi) is 7.51. The van der Waals surface area contributed by atoms with Gasteiger partial charge < -0.3 is 24.8 Å². The molecule has 0 unspecified atom stereocenters. The number of hydrogen-bond donors (Lipinski definition) is 2. The number of benzene rings is 2. The van der Waals surface area contributed by atoms with Crippen LogP contribution in [0.5, 0.6) is 17.2 Å². The lowest BCUT2D eigenvalue weighted by atomic mass is 10.1. The summed E-state index contributed by atoms with van der Waals surface area (Å²) in [5.74, 6) is 1.76. The van der Waals surface area contributed by atoms with Gasteiger partial charge in [0, 0.05) is 31.8 Å². The first-order valence-electron chi connectivity index (χ1n) is 8.17. The minimum Gasteiger partial charge on any atom is -0.493 e. The molecular formula is C18H22ClN3O5. The number of nitro benzene ring substituents is 1. The molecule has 0 aliphatic carbocycles. The summed E-state index contributed by atoms with van der Waals surface area (Å²) in [4.78, 5) is 10.2. The fourth-order valence-electron chi connectivity index (χ4n) is 2.52. The van der Waals surface area contributed by atoms with E-state index >= 15 is 0 Å². The summed E-state index contributed by atoms with van der Waals surface area (Å²) in [6, 6.07) is 8.11. The molecule has 0 fully saturated rings. The van der Waals surface area contributed by atoms with Crippen LogP contribution in [0, 0.1) is 10.1 Å². The number of nitrogens with one attached hydrogen (secondary N) is 2. The zero-order chi connectivity index (χ0) is 19.8. The van der Waals surface area contributed by atoms with Gasteiger partial charge in [-0.15, -0.1) is 0 Å². The van der Waals surface area contributed by atoms with Gasteiger partial charge in [0.15, 0.2) is 11.5 Å². The Morgan fingerprint density at radius 1 is 1.04 bits per heavy atom. The van der Waals surface area contributed by atoms with Gasteiger partial charge in [0.2, 0.25) is 5.75 Å². The van der Waals surface area contributed by atoms with Crippen LogP contribution in [-0.4, -0.2) is 39.3 Å². The first kappa shape index (κ1) is 20.6. The average molecular weight is 396 g/mol. The highest BCUT2D eigenvalue weighted by Gasteiger charge is 2.13. The predicted molar refractivity (Wildman–Crippen MR) is 104 cm³/mol. The van der Waals surface area contributed by atoms with Crippen molar-refractivity contribution in [1.29, 1.82) is 0 Å². The monoisotopic (exact) mass is 395 g/mol. The van der Waals surface area contributed by atoms with E-state index in [1.807, 2.05) is 12.1 Å². The lowest BCUT2D eigenvalue weighted by molar-refractivity contribution is -0.384. The zero-order valence-electron chi connectivity index (χ0n) is 15.4. The number of halogens is 1. The molecule has 2 N–H and O–H groups in total. The minimum absolute atomic E-state index is 0.0360. The fraction of sp³-hybridized carbons (Fsp3) is 0.333. The third-order valence-electron chi connectivity index (χ3n) is 3.83. The molecule has 2 aromatic rings. The highest BCUT2D eigenvalue weighted by atomic mass is 35.5. The third kappa shape index (κ3) is 5.38. The molecule has 146 valence electrons. The highest BCUT2D eigenvalue weighted by molar-refractivity contribution is 6.33. The number of hydrogen-bond acceptors (Lipinski definition) is 7. The molecule has 0 aliphatic rings. The molecule has 2 rings (SSSR count). The summed E-state index contributed by atoms with van der Waals surface area (Å²) in [6.07, 6.45) is 0. The van der Waals surface area contributed by atoms with Crippen molar-refractivity contribution in [1.82, 2.24) is 5.32 Å². The normalized spacial score (nSPS) is 10.4. The number of ether oxygens (including phenoxy) is 3. The van der Waals surface area contributed by atoms with Gasteiger partial charge in [-0.3, -0.25) is 10.1 Å². The van der Waals surface area contributed by atoms with Crippen molar-refractivity contribution < 1.29 is 19.1 Å². The molecular weight excluding hydrogens is 374 g/mol. The number of nitro groups is 1. The van der Waals surface area contributed by atoms with E-state index in [-0.39, 0.29) is 5.69 Å². The van der Waals surface area contributed by atoms with E-state index in [9.17, 15) is 10.1 Å². The molecule has 0 atom stereocenters. The Hall–Kier alpha value is -2.71. The van der Waals surface area contributed by atoms with E-state index in [4.69, 9.17) is 25.8 Å². The molecule has 0 amide bonds. The van der Waals surface area contributed by atoms with Crippen LogP contribution >= 0.6 is 11.6 Å². The van der Waals surface area contributed by atoms with E-state index in [2.05, 4.69) is 10.6 Å². The summed E-state index contributed by atoms with van der Waals surface area (Å²) in [5, 5.41) is 17.5. The van der Waals surface area contributed by atoms with Crippen LogP contribution in [0.25, 0.3) is 0 Å². The van der Waals surface area contributed by atoms with Crippen molar-refractivity contribution in [3.63, 3.8) is 0 Å². The second-order valence-electron chi connectivity index (χ2n) is 5.56. The maximum atomic E-state index is 10.7. The van der Waals surface area contributed by atoms with Crippen molar-refractivity contribution in [2.45, 2.75) is 6.54 Å². The largest absolute Gasteiger partial charge is 0.493 e. The van der Waals surface area contributed by atoms with Crippen molar-refractivity contribution in [3.05, 3.63) is 51.0 Å². The van der Waals surface area contributed by atoms with E-state index in [0.717, 1.165) is 5.56 Å². The number of rotatable bonds is 10. The molecule has 0 spiro atoms. The van der Waals surface area contributed by atoms with E-state index in [1.54, 1.807) is 27.4 Å². The van der Waals surface area contributed by atoms with Gasteiger partial charge in [0.25, 0.3) is 5.69 Å². The molecule has 9 heteroatoms. The Morgan fingerprint density at radius 2 is 1.70 bits per heavy atom. The maximum absolute atomic E-state index is 10.7. The second-order valence-corrected chi connectivity index (χ2v) is 5.97. The molecule has 2 aromatic carbocycles. The SMILES string of the molecule is COc1cc(CNCCNc2ccc([N+](=O)[O-])cc2Cl)cc(OC)c1OC. The van der Waals surface area contributed by atoms with Crippen LogP contribution in [0.1, 0.15) is 5.56 Å². The summed E-state index contributed by atoms with van der Waals surface area (Å²) in [7, 11) is 4.71. The smallest absolute Gasteiger partial charge is 0.271 e. The molecule has 0 radical (unpaired) electrons. The number of non-ortho nitro benzene ring substituents is 1. The van der Waals surface area contributed by atoms with Crippen LogP contribution in [-0.2, 0) is 6.54 Å². The number of methoxy groups -OCH3 is 3. The molecule has 27 heavy (non-hydrogen) atoms. The zero-order valence-corrected chi connectivity index (χ0v) is 16.1. The van der Waals surface area contributed by atoms with E-state index < -0.39 is 4.92 Å². The lowest BCUT2D eigenvalue weighted by Crippen LogP contribution is -2.22. The van der Waals surface area contributed by atoms with Crippen molar-refractivity contribution in [2.24, 2.45) is 0 Å². The molecule has 0 heterocycles. The molecule has 0 aromatic heterocycles. The van der Waals surface area contributed by atoms with Crippen LogP contribution in [0.15, 0.2) is 30.3 Å². The quantitative estimate of drug-likeness (QED) is 0.361. The molecule has 8 nitrogen and oxygen atoms in total. The number of anilines is 1. The highest BCUT2D eigenvalue weighted by Crippen LogP contribution is 2.38. The maximum Gasteiger partial charge on any atom is 0.271 e. The van der Waals surface area contributed by atoms with Crippen LogP contribution in [0.2, 0.25) is 5.02 Å². The van der Waals surface area contributed by atoms with Crippen molar-refractivity contribution in [3.8, 4) is 17.2 Å². The fourth-order valence-corrected chi connectivity index (χ4v) is 2.76. The summed E-state index contributed by atoms with van der Waals surface area (Å²) in [5.41, 5.74) is 1.60. The van der Waals surface area contributed by atoms with Gasteiger partial charge in [-0.05, 0) is 23.8 Å². The lowest BCUT2D eigenvalue weighted by Gasteiger charge is -2.14. The number of nitrogens with zero attached hydrogens (tertiary/aromatic N) is 1. The molecule has 0 aliphatic heterocycles. The summed E-state index contributed by atoms with van der Waals surface area (Å²) in [6.45, 7) is 1.86. The van der Waals surface area contributed by atoms with Gasteiger partial charge in [0.05, 0.1) is 37.0 Å². The van der Waals surface area contributed by atoms with Gasteiger partial charge in [0.1, 0.15) is 0 Å². The Balaban J connectivity index is 1.88. The molecule has 0 saturated carbocycles. The summed E-state index contributed by atoms with van der Waals surface area (Å²) >= 11 is 6.05. The van der Waals surface area contributed by atoms with E-state index in [1.165, 1.54) is 12.1 Å². The molecule has 0 bridgehead atoms. The van der Waals surface area contributed by atoms with Crippen LogP contribution in [0.3, 0.4) is 0 Å². The topological polar surface area (TPSA) is 94.9 Å². The van der Waals surface area contributed by atoms with Crippen molar-refractivity contribution in [2.75, 3.05) is 39.7 Å².